The van der Waals surface area contributed by atoms with Crippen molar-refractivity contribution in [2.75, 3.05) is 5.32 Å². The van der Waals surface area contributed by atoms with Crippen LogP contribution in [0, 0.1) is 0 Å². The fraction of sp³-hybridized carbons (Fsp3) is 0.273. The third-order valence-electron chi connectivity index (χ3n) is 2.29. The molecule has 0 fully saturated rings. The van der Waals surface area contributed by atoms with Crippen molar-refractivity contribution in [3.8, 4) is 0 Å². The summed E-state index contributed by atoms with van der Waals surface area (Å²) in [6.45, 7) is 1.91. The Balaban J connectivity index is 2.07. The quantitative estimate of drug-likeness (QED) is 0.926. The van der Waals surface area contributed by atoms with Gasteiger partial charge < -0.3 is 5.32 Å². The lowest BCUT2D eigenvalue weighted by atomic mass is 10.2. The number of aromatic nitrogens is 2. The highest BCUT2D eigenvalue weighted by atomic mass is 32.1. The molecular weight excluding hydrogens is 263 g/mol. The summed E-state index contributed by atoms with van der Waals surface area (Å²) < 4.78 is 36.9. The Hall–Kier alpha value is -1.63. The first-order valence-electron chi connectivity index (χ1n) is 5.17. The van der Waals surface area contributed by atoms with Gasteiger partial charge in [-0.2, -0.15) is 13.2 Å². The largest absolute Gasteiger partial charge is 0.435 e. The van der Waals surface area contributed by atoms with Gasteiger partial charge in [-0.05, 0) is 30.5 Å². The Labute approximate surface area is 106 Å². The first-order valence-corrected chi connectivity index (χ1v) is 6.05. The van der Waals surface area contributed by atoms with Gasteiger partial charge >= 0.3 is 6.18 Å². The average molecular weight is 273 g/mol. The van der Waals surface area contributed by atoms with Gasteiger partial charge in [0.25, 0.3) is 0 Å². The molecule has 1 N–H and O–H groups in total. The number of hydrogen-bond acceptors (Lipinski definition) is 4. The Morgan fingerprint density at radius 1 is 1.22 bits per heavy atom. The second kappa shape index (κ2) is 4.93. The molecule has 0 aromatic carbocycles. The van der Waals surface area contributed by atoms with Crippen molar-refractivity contribution < 1.29 is 13.2 Å². The summed E-state index contributed by atoms with van der Waals surface area (Å²) in [7, 11) is 0. The number of alkyl halides is 3. The van der Waals surface area contributed by atoms with Crippen molar-refractivity contribution in [2.45, 2.75) is 19.1 Å². The Morgan fingerprint density at radius 2 is 2.00 bits per heavy atom. The van der Waals surface area contributed by atoms with E-state index in [9.17, 15) is 13.2 Å². The Kier molecular flexibility index (Phi) is 3.51. The number of hydrogen-bond donors (Lipinski definition) is 1. The van der Waals surface area contributed by atoms with Gasteiger partial charge in [-0.3, -0.25) is 0 Å². The Bertz CT molecular complexity index is 493. The number of nitrogens with one attached hydrogen (secondary N) is 1. The molecule has 0 bridgehead atoms. The maximum Gasteiger partial charge on any atom is 0.435 e. The van der Waals surface area contributed by atoms with E-state index in [1.807, 2.05) is 24.4 Å². The van der Waals surface area contributed by atoms with Crippen LogP contribution in [0.5, 0.6) is 0 Å². The summed E-state index contributed by atoms with van der Waals surface area (Å²) in [5.41, 5.74) is -0.989. The molecule has 1 atom stereocenters. The summed E-state index contributed by atoms with van der Waals surface area (Å²) in [6.07, 6.45) is -4.45. The number of nitrogens with zero attached hydrogens (tertiary/aromatic N) is 2. The second-order valence-electron chi connectivity index (χ2n) is 3.68. The highest BCUT2D eigenvalue weighted by molar-refractivity contribution is 7.10. The molecule has 0 saturated carbocycles. The number of anilines is 1. The lowest BCUT2D eigenvalue weighted by molar-refractivity contribution is -0.141. The lowest BCUT2D eigenvalue weighted by Crippen LogP contribution is -2.11. The minimum absolute atomic E-state index is 0.0176. The molecule has 2 rings (SSSR count). The SMILES string of the molecule is CC(Nc1ccc(C(F)(F)F)nn1)c1cccs1. The molecule has 2 aromatic heterocycles. The van der Waals surface area contributed by atoms with Crippen LogP contribution in [0.3, 0.4) is 0 Å². The minimum Gasteiger partial charge on any atom is -0.361 e. The van der Waals surface area contributed by atoms with Crippen LogP contribution in [0.4, 0.5) is 19.0 Å². The van der Waals surface area contributed by atoms with Crippen molar-refractivity contribution in [1.82, 2.24) is 10.2 Å². The zero-order valence-corrected chi connectivity index (χ0v) is 10.2. The van der Waals surface area contributed by atoms with Gasteiger partial charge in [0.1, 0.15) is 5.82 Å². The predicted octanol–water partition coefficient (Wildman–Crippen LogP) is 3.73. The van der Waals surface area contributed by atoms with Crippen LogP contribution in [0.2, 0.25) is 0 Å². The van der Waals surface area contributed by atoms with Crippen LogP contribution >= 0.6 is 11.3 Å². The zero-order chi connectivity index (χ0) is 13.2. The Morgan fingerprint density at radius 3 is 2.50 bits per heavy atom. The smallest absolute Gasteiger partial charge is 0.361 e. The molecule has 96 valence electrons. The first kappa shape index (κ1) is 12.8. The first-order chi connectivity index (χ1) is 8.47. The maximum absolute atomic E-state index is 12.3. The summed E-state index contributed by atoms with van der Waals surface area (Å²) in [5.74, 6) is 0.323. The van der Waals surface area contributed by atoms with Gasteiger partial charge in [0.15, 0.2) is 5.69 Å². The summed E-state index contributed by atoms with van der Waals surface area (Å²) in [4.78, 5) is 1.08. The van der Waals surface area contributed by atoms with E-state index in [1.54, 1.807) is 11.3 Å². The van der Waals surface area contributed by atoms with Crippen LogP contribution in [0.15, 0.2) is 29.6 Å². The van der Waals surface area contributed by atoms with Gasteiger partial charge in [0.05, 0.1) is 6.04 Å². The van der Waals surface area contributed by atoms with E-state index in [4.69, 9.17) is 0 Å². The average Bonchev–Trinajstić information content (AvgIpc) is 2.82. The zero-order valence-electron chi connectivity index (χ0n) is 9.40. The molecule has 0 aliphatic carbocycles. The van der Waals surface area contributed by atoms with Gasteiger partial charge in [-0.1, -0.05) is 6.07 Å². The fourth-order valence-electron chi connectivity index (χ4n) is 1.39. The number of thiophene rings is 1. The third kappa shape index (κ3) is 2.98. The van der Waals surface area contributed by atoms with Crippen molar-refractivity contribution >= 4 is 17.2 Å². The molecule has 0 aliphatic heterocycles. The molecule has 0 saturated heterocycles. The molecule has 1 unspecified atom stereocenters. The molecule has 7 heteroatoms. The highest BCUT2D eigenvalue weighted by Gasteiger charge is 2.32. The summed E-state index contributed by atoms with van der Waals surface area (Å²) in [5, 5.41) is 11.6. The normalized spacial score (nSPS) is 13.3. The fourth-order valence-corrected chi connectivity index (χ4v) is 2.13. The predicted molar refractivity (Wildman–Crippen MR) is 63.4 cm³/mol. The standard InChI is InChI=1S/C11H10F3N3S/c1-7(8-3-2-6-18-8)15-10-5-4-9(16-17-10)11(12,13)14/h2-7H,1H3,(H,15,17). The van der Waals surface area contributed by atoms with E-state index >= 15 is 0 Å². The van der Waals surface area contributed by atoms with Crippen LogP contribution in [0.1, 0.15) is 23.5 Å². The number of halogens is 3. The minimum atomic E-state index is -4.45. The van der Waals surface area contributed by atoms with Crippen LogP contribution in [-0.4, -0.2) is 10.2 Å². The van der Waals surface area contributed by atoms with E-state index in [1.165, 1.54) is 6.07 Å². The maximum atomic E-state index is 12.3. The number of rotatable bonds is 3. The van der Waals surface area contributed by atoms with Gasteiger partial charge in [0.2, 0.25) is 0 Å². The molecule has 0 radical (unpaired) electrons. The van der Waals surface area contributed by atoms with Crippen LogP contribution in [0.25, 0.3) is 0 Å². The monoisotopic (exact) mass is 273 g/mol. The van der Waals surface area contributed by atoms with Crippen molar-refractivity contribution in [1.29, 1.82) is 0 Å². The summed E-state index contributed by atoms with van der Waals surface area (Å²) >= 11 is 1.57. The molecule has 0 spiro atoms. The molecule has 0 amide bonds. The van der Waals surface area contributed by atoms with Gasteiger partial charge in [-0.25, -0.2) is 0 Å². The summed E-state index contributed by atoms with van der Waals surface area (Å²) in [6, 6.07) is 6.03. The van der Waals surface area contributed by atoms with E-state index in [2.05, 4.69) is 15.5 Å². The van der Waals surface area contributed by atoms with Gasteiger partial charge in [0, 0.05) is 4.88 Å². The van der Waals surface area contributed by atoms with Crippen molar-refractivity contribution in [3.05, 3.63) is 40.2 Å². The van der Waals surface area contributed by atoms with Crippen LogP contribution < -0.4 is 5.32 Å². The van der Waals surface area contributed by atoms with Gasteiger partial charge in [-0.15, -0.1) is 21.5 Å². The highest BCUT2D eigenvalue weighted by Crippen LogP contribution is 2.28. The lowest BCUT2D eigenvalue weighted by Gasteiger charge is -2.12. The second-order valence-corrected chi connectivity index (χ2v) is 4.66. The van der Waals surface area contributed by atoms with Crippen molar-refractivity contribution in [2.24, 2.45) is 0 Å². The van der Waals surface area contributed by atoms with E-state index < -0.39 is 11.9 Å². The molecular formula is C11H10F3N3S. The van der Waals surface area contributed by atoms with E-state index in [-0.39, 0.29) is 6.04 Å². The molecule has 2 heterocycles. The van der Waals surface area contributed by atoms with Crippen molar-refractivity contribution in [3.63, 3.8) is 0 Å². The third-order valence-corrected chi connectivity index (χ3v) is 3.34. The van der Waals surface area contributed by atoms with Crippen LogP contribution in [-0.2, 0) is 6.18 Å². The molecule has 18 heavy (non-hydrogen) atoms. The van der Waals surface area contributed by atoms with E-state index in [0.29, 0.717) is 5.82 Å². The van der Waals surface area contributed by atoms with E-state index in [0.717, 1.165) is 10.9 Å². The topological polar surface area (TPSA) is 37.8 Å². The molecule has 2 aromatic rings. The molecule has 0 aliphatic rings. The molecule has 3 nitrogen and oxygen atoms in total.